The van der Waals surface area contributed by atoms with E-state index in [0.717, 1.165) is 24.9 Å². The molecule has 2 aromatic rings. The third-order valence-electron chi connectivity index (χ3n) is 3.92. The quantitative estimate of drug-likeness (QED) is 0.938. The summed E-state index contributed by atoms with van der Waals surface area (Å²) in [6.07, 6.45) is 1.95. The van der Waals surface area contributed by atoms with Crippen LogP contribution in [0.5, 0.6) is 0 Å². The molecule has 5 heteroatoms. The van der Waals surface area contributed by atoms with E-state index in [0.29, 0.717) is 23.9 Å². The third kappa shape index (κ3) is 2.56. The van der Waals surface area contributed by atoms with Crippen LogP contribution >= 0.6 is 0 Å². The van der Waals surface area contributed by atoms with E-state index < -0.39 is 0 Å². The van der Waals surface area contributed by atoms with Gasteiger partial charge in [0, 0.05) is 24.7 Å². The van der Waals surface area contributed by atoms with Gasteiger partial charge in [0.1, 0.15) is 0 Å². The highest BCUT2D eigenvalue weighted by atomic mass is 16.4. The van der Waals surface area contributed by atoms with Crippen molar-refractivity contribution < 1.29 is 9.21 Å². The van der Waals surface area contributed by atoms with Crippen molar-refractivity contribution in [2.45, 2.75) is 25.8 Å². The van der Waals surface area contributed by atoms with Gasteiger partial charge in [-0.25, -0.2) is 4.98 Å². The summed E-state index contributed by atoms with van der Waals surface area (Å²) in [5.41, 5.74) is 7.23. The van der Waals surface area contributed by atoms with E-state index in [1.807, 2.05) is 35.2 Å². The maximum atomic E-state index is 12.6. The van der Waals surface area contributed by atoms with E-state index in [1.165, 1.54) is 0 Å². The lowest BCUT2D eigenvalue weighted by Crippen LogP contribution is -2.40. The van der Waals surface area contributed by atoms with Gasteiger partial charge in [-0.2, -0.15) is 0 Å². The number of nitrogens with zero attached hydrogens (tertiary/aromatic N) is 2. The lowest BCUT2D eigenvalue weighted by atomic mass is 10.2. The first-order chi connectivity index (χ1) is 10.2. The second kappa shape index (κ2) is 5.69. The number of hydrogen-bond donors (Lipinski definition) is 1. The van der Waals surface area contributed by atoms with E-state index in [4.69, 9.17) is 10.2 Å². The summed E-state index contributed by atoms with van der Waals surface area (Å²) in [5, 5.41) is 0. The number of oxazole rings is 1. The Balaban J connectivity index is 1.89. The van der Waals surface area contributed by atoms with Crippen molar-refractivity contribution in [3.8, 4) is 11.5 Å². The third-order valence-corrected chi connectivity index (χ3v) is 3.92. The normalized spacial score (nSPS) is 18.2. The summed E-state index contributed by atoms with van der Waals surface area (Å²) in [6, 6.07) is 9.71. The molecule has 0 radical (unpaired) electrons. The van der Waals surface area contributed by atoms with Gasteiger partial charge in [-0.1, -0.05) is 18.2 Å². The molecule has 0 bridgehead atoms. The van der Waals surface area contributed by atoms with E-state index in [9.17, 15) is 4.79 Å². The van der Waals surface area contributed by atoms with Gasteiger partial charge in [0.2, 0.25) is 11.7 Å². The topological polar surface area (TPSA) is 72.4 Å². The van der Waals surface area contributed by atoms with Crippen molar-refractivity contribution in [1.29, 1.82) is 0 Å². The van der Waals surface area contributed by atoms with Crippen molar-refractivity contribution in [2.24, 2.45) is 5.73 Å². The molecular formula is C16H19N3O2. The summed E-state index contributed by atoms with van der Waals surface area (Å²) in [4.78, 5) is 18.8. The number of aryl methyl sites for hydroxylation is 1. The van der Waals surface area contributed by atoms with E-state index in [1.54, 1.807) is 6.92 Å². The molecule has 1 aliphatic heterocycles. The smallest absolute Gasteiger partial charge is 0.291 e. The Morgan fingerprint density at radius 2 is 2.19 bits per heavy atom. The zero-order valence-electron chi connectivity index (χ0n) is 12.1. The van der Waals surface area contributed by atoms with Crippen molar-refractivity contribution >= 4 is 5.91 Å². The van der Waals surface area contributed by atoms with E-state index >= 15 is 0 Å². The van der Waals surface area contributed by atoms with Gasteiger partial charge < -0.3 is 15.1 Å². The van der Waals surface area contributed by atoms with Crippen LogP contribution < -0.4 is 5.73 Å². The predicted octanol–water partition coefficient (Wildman–Crippen LogP) is 2.21. The molecule has 0 spiro atoms. The zero-order valence-corrected chi connectivity index (χ0v) is 12.1. The van der Waals surface area contributed by atoms with Crippen molar-refractivity contribution in [3.63, 3.8) is 0 Å². The Bertz CT molecular complexity index is 636. The minimum Gasteiger partial charge on any atom is -0.431 e. The van der Waals surface area contributed by atoms with Crippen LogP contribution in [0, 0.1) is 6.92 Å². The summed E-state index contributed by atoms with van der Waals surface area (Å²) < 4.78 is 5.72. The van der Waals surface area contributed by atoms with Crippen LogP contribution in [0.1, 0.15) is 29.1 Å². The van der Waals surface area contributed by atoms with Crippen LogP contribution in [0.3, 0.4) is 0 Å². The Morgan fingerprint density at radius 3 is 2.90 bits per heavy atom. The number of likely N-dealkylation sites (tertiary alicyclic amines) is 1. The van der Waals surface area contributed by atoms with Gasteiger partial charge >= 0.3 is 0 Å². The van der Waals surface area contributed by atoms with E-state index in [2.05, 4.69) is 4.98 Å². The average molecular weight is 285 g/mol. The van der Waals surface area contributed by atoms with Gasteiger partial charge in [0.25, 0.3) is 5.91 Å². The van der Waals surface area contributed by atoms with Gasteiger partial charge in [-0.05, 0) is 31.9 Å². The van der Waals surface area contributed by atoms with Crippen LogP contribution in [0.25, 0.3) is 11.5 Å². The number of carbonyl (C=O) groups excluding carboxylic acids is 1. The monoisotopic (exact) mass is 285 g/mol. The molecular weight excluding hydrogens is 266 g/mol. The minimum atomic E-state index is -0.102. The fourth-order valence-electron chi connectivity index (χ4n) is 2.78. The molecule has 0 aliphatic carbocycles. The standard InChI is InChI=1S/C16H19N3O2/c1-11-14(16(20)19-9-5-8-13(19)10-17)21-15(18-11)12-6-3-2-4-7-12/h2-4,6-7,13H,5,8-10,17H2,1H3/t13-/m0/s1. The molecule has 21 heavy (non-hydrogen) atoms. The lowest BCUT2D eigenvalue weighted by molar-refractivity contribution is 0.0709. The molecule has 0 unspecified atom stereocenters. The maximum absolute atomic E-state index is 12.6. The highest BCUT2D eigenvalue weighted by Crippen LogP contribution is 2.25. The number of benzene rings is 1. The second-order valence-electron chi connectivity index (χ2n) is 5.33. The summed E-state index contributed by atoms with van der Waals surface area (Å²) in [7, 11) is 0. The Morgan fingerprint density at radius 1 is 1.43 bits per heavy atom. The Labute approximate surface area is 123 Å². The van der Waals surface area contributed by atoms with E-state index in [-0.39, 0.29) is 11.9 Å². The van der Waals surface area contributed by atoms with Crippen LogP contribution in [0.2, 0.25) is 0 Å². The SMILES string of the molecule is Cc1nc(-c2ccccc2)oc1C(=O)N1CCC[C@H]1CN. The molecule has 2 heterocycles. The molecule has 5 nitrogen and oxygen atoms in total. The van der Waals surface area contributed by atoms with Crippen molar-refractivity contribution in [1.82, 2.24) is 9.88 Å². The Hall–Kier alpha value is -2.14. The first kappa shape index (κ1) is 13.8. The van der Waals surface area contributed by atoms with Gasteiger partial charge in [0.05, 0.1) is 5.69 Å². The summed E-state index contributed by atoms with van der Waals surface area (Å²) >= 11 is 0. The van der Waals surface area contributed by atoms with Crippen LogP contribution in [-0.4, -0.2) is 34.9 Å². The largest absolute Gasteiger partial charge is 0.431 e. The van der Waals surface area contributed by atoms with Gasteiger partial charge in [0.15, 0.2) is 0 Å². The first-order valence-corrected chi connectivity index (χ1v) is 7.24. The number of hydrogen-bond acceptors (Lipinski definition) is 4. The van der Waals surface area contributed by atoms with Crippen LogP contribution in [-0.2, 0) is 0 Å². The molecule has 3 rings (SSSR count). The Kier molecular flexibility index (Phi) is 3.75. The highest BCUT2D eigenvalue weighted by molar-refractivity contribution is 5.93. The fraction of sp³-hybridized carbons (Fsp3) is 0.375. The van der Waals surface area contributed by atoms with Crippen LogP contribution in [0.4, 0.5) is 0 Å². The molecule has 0 saturated carbocycles. The molecule has 1 fully saturated rings. The van der Waals surface area contributed by atoms with Gasteiger partial charge in [-0.15, -0.1) is 0 Å². The zero-order chi connectivity index (χ0) is 14.8. The van der Waals surface area contributed by atoms with Crippen molar-refractivity contribution in [3.05, 3.63) is 41.8 Å². The summed E-state index contributed by atoms with van der Waals surface area (Å²) in [6.45, 7) is 3.03. The van der Waals surface area contributed by atoms with Crippen molar-refractivity contribution in [2.75, 3.05) is 13.1 Å². The average Bonchev–Trinajstić information content (AvgIpc) is 3.13. The highest BCUT2D eigenvalue weighted by Gasteiger charge is 2.31. The molecule has 1 aliphatic rings. The number of carbonyl (C=O) groups is 1. The number of aromatic nitrogens is 1. The lowest BCUT2D eigenvalue weighted by Gasteiger charge is -2.22. The molecule has 1 atom stereocenters. The first-order valence-electron chi connectivity index (χ1n) is 7.24. The maximum Gasteiger partial charge on any atom is 0.291 e. The summed E-state index contributed by atoms with van der Waals surface area (Å²) in [5.74, 6) is 0.712. The number of amides is 1. The second-order valence-corrected chi connectivity index (χ2v) is 5.33. The van der Waals surface area contributed by atoms with Gasteiger partial charge in [-0.3, -0.25) is 4.79 Å². The molecule has 1 saturated heterocycles. The minimum absolute atomic E-state index is 0.102. The molecule has 1 aromatic carbocycles. The molecule has 2 N–H and O–H groups in total. The van der Waals surface area contributed by atoms with Crippen LogP contribution in [0.15, 0.2) is 34.7 Å². The number of nitrogens with two attached hydrogens (primary N) is 1. The molecule has 1 aromatic heterocycles. The number of rotatable bonds is 3. The molecule has 110 valence electrons. The fourth-order valence-corrected chi connectivity index (χ4v) is 2.78. The predicted molar refractivity (Wildman–Crippen MR) is 79.8 cm³/mol. The molecule has 1 amide bonds.